The fourth-order valence-corrected chi connectivity index (χ4v) is 6.25. The Morgan fingerprint density at radius 3 is 1.54 bits per heavy atom. The molecule has 0 saturated heterocycles. The lowest BCUT2D eigenvalue weighted by Gasteiger charge is -2.19. The molecule has 0 radical (unpaired) electrons. The molecule has 0 aromatic carbocycles. The molecule has 2 atom stereocenters. The van der Waals surface area contributed by atoms with Gasteiger partial charge in [0.15, 0.2) is 6.10 Å². The van der Waals surface area contributed by atoms with Crippen molar-refractivity contribution in [2.24, 2.45) is 5.73 Å². The van der Waals surface area contributed by atoms with Crippen LogP contribution in [0.2, 0.25) is 0 Å². The van der Waals surface area contributed by atoms with E-state index in [1.807, 2.05) is 6.08 Å². The quantitative estimate of drug-likeness (QED) is 0.0215. The van der Waals surface area contributed by atoms with E-state index in [0.717, 1.165) is 38.5 Å². The Balaban J connectivity index is 4.13. The van der Waals surface area contributed by atoms with Crippen LogP contribution in [-0.4, -0.2) is 43.3 Å². The van der Waals surface area contributed by atoms with Crippen LogP contribution in [0, 0.1) is 0 Å². The molecule has 3 N–H and O–H groups in total. The minimum absolute atomic E-state index is 0.0306. The number of ether oxygens (including phenoxy) is 2. The molecule has 9 heteroatoms. The van der Waals surface area contributed by atoms with E-state index in [1.54, 1.807) is 6.26 Å². The summed E-state index contributed by atoms with van der Waals surface area (Å²) in [7, 11) is -4.28. The zero-order valence-corrected chi connectivity index (χ0v) is 32.1. The first kappa shape index (κ1) is 46.8. The predicted molar refractivity (Wildman–Crippen MR) is 201 cm³/mol. The van der Waals surface area contributed by atoms with E-state index in [0.29, 0.717) is 6.42 Å². The molecule has 8 nitrogen and oxygen atoms in total. The normalized spacial score (nSPS) is 13.8. The number of hydrogen-bond donors (Lipinski definition) is 2. The average molecular weight is 702 g/mol. The van der Waals surface area contributed by atoms with Gasteiger partial charge in [-0.2, -0.15) is 0 Å². The minimum Gasteiger partial charge on any atom is -0.498 e. The third-order valence-corrected chi connectivity index (χ3v) is 9.42. The van der Waals surface area contributed by atoms with Gasteiger partial charge in [-0.25, -0.2) is 4.57 Å². The summed E-state index contributed by atoms with van der Waals surface area (Å²) in [5.74, 6) is -0.354. The SMILES string of the molecule is CCCCCCCCC=CCCCCCCC=COC[C@H](COP(=O)(O)OCCN)OC(=O)CCCCCCCCCCCCCCC. The van der Waals surface area contributed by atoms with Crippen LogP contribution < -0.4 is 5.73 Å². The Morgan fingerprint density at radius 1 is 0.625 bits per heavy atom. The van der Waals surface area contributed by atoms with Crippen molar-refractivity contribution in [3.63, 3.8) is 0 Å². The second kappa shape index (κ2) is 37.1. The summed E-state index contributed by atoms with van der Waals surface area (Å²) in [6.45, 7) is 4.23. The van der Waals surface area contributed by atoms with Crippen LogP contribution in [0.4, 0.5) is 0 Å². The van der Waals surface area contributed by atoms with Crippen molar-refractivity contribution in [2.75, 3.05) is 26.4 Å². The van der Waals surface area contributed by atoms with Gasteiger partial charge >= 0.3 is 13.8 Å². The molecular formula is C39H76NO7P. The maximum Gasteiger partial charge on any atom is 0.472 e. The van der Waals surface area contributed by atoms with E-state index >= 15 is 0 Å². The van der Waals surface area contributed by atoms with Gasteiger partial charge in [-0.15, -0.1) is 0 Å². The summed E-state index contributed by atoms with van der Waals surface area (Å²) in [5, 5.41) is 0. The van der Waals surface area contributed by atoms with Gasteiger partial charge in [-0.05, 0) is 51.0 Å². The Morgan fingerprint density at radius 2 is 1.06 bits per heavy atom. The van der Waals surface area contributed by atoms with Crippen LogP contribution >= 0.6 is 7.82 Å². The molecule has 0 fully saturated rings. The standard InChI is InChI=1S/C39H76NO7P/c1-3-5-7-9-11-13-15-17-18-19-21-23-25-27-29-31-34-44-36-38(37-46-48(42,43)45-35-33-40)47-39(41)32-30-28-26-24-22-20-16-14-12-10-8-6-4-2/h17-18,31,34,38H,3-16,19-30,32-33,35-37,40H2,1-2H3,(H,42,43)/t38-/m1/s1. The van der Waals surface area contributed by atoms with Crippen LogP contribution in [0.5, 0.6) is 0 Å². The van der Waals surface area contributed by atoms with E-state index in [1.165, 1.54) is 128 Å². The topological polar surface area (TPSA) is 117 Å². The van der Waals surface area contributed by atoms with Crippen molar-refractivity contribution < 1.29 is 32.8 Å². The Bertz CT molecular complexity index is 792. The van der Waals surface area contributed by atoms with Gasteiger partial charge in [-0.1, -0.05) is 148 Å². The smallest absolute Gasteiger partial charge is 0.472 e. The van der Waals surface area contributed by atoms with Crippen molar-refractivity contribution in [3.05, 3.63) is 24.5 Å². The number of hydrogen-bond acceptors (Lipinski definition) is 7. The number of carbonyl (C=O) groups is 1. The van der Waals surface area contributed by atoms with Crippen molar-refractivity contribution in [1.82, 2.24) is 0 Å². The van der Waals surface area contributed by atoms with Crippen LogP contribution in [0.1, 0.15) is 187 Å². The highest BCUT2D eigenvalue weighted by atomic mass is 31.2. The minimum atomic E-state index is -4.28. The van der Waals surface area contributed by atoms with Crippen molar-refractivity contribution in [2.45, 2.75) is 193 Å². The van der Waals surface area contributed by atoms with Crippen molar-refractivity contribution in [3.8, 4) is 0 Å². The molecule has 0 heterocycles. The molecule has 0 spiro atoms. The van der Waals surface area contributed by atoms with Gasteiger partial charge in [-0.3, -0.25) is 13.8 Å². The first-order valence-corrected chi connectivity index (χ1v) is 21.4. The first-order valence-electron chi connectivity index (χ1n) is 19.9. The molecule has 0 aromatic heterocycles. The average Bonchev–Trinajstić information content (AvgIpc) is 3.07. The van der Waals surface area contributed by atoms with Gasteiger partial charge < -0.3 is 20.1 Å². The van der Waals surface area contributed by atoms with Gasteiger partial charge in [0.25, 0.3) is 0 Å². The highest BCUT2D eigenvalue weighted by Gasteiger charge is 2.25. The van der Waals surface area contributed by atoms with Gasteiger partial charge in [0, 0.05) is 13.0 Å². The van der Waals surface area contributed by atoms with Crippen LogP contribution in [0.3, 0.4) is 0 Å². The fraction of sp³-hybridized carbons (Fsp3) is 0.872. The molecule has 0 aliphatic carbocycles. The lowest BCUT2D eigenvalue weighted by Crippen LogP contribution is -2.27. The van der Waals surface area contributed by atoms with Crippen molar-refractivity contribution >= 4 is 13.8 Å². The highest BCUT2D eigenvalue weighted by Crippen LogP contribution is 2.43. The summed E-state index contributed by atoms with van der Waals surface area (Å²) in [6, 6.07) is 0. The molecule has 0 rings (SSSR count). The molecule has 48 heavy (non-hydrogen) atoms. The molecular weight excluding hydrogens is 625 g/mol. The number of allylic oxidation sites excluding steroid dienone is 3. The van der Waals surface area contributed by atoms with Gasteiger partial charge in [0.05, 0.1) is 19.5 Å². The molecule has 0 aliphatic rings. The highest BCUT2D eigenvalue weighted by molar-refractivity contribution is 7.47. The largest absolute Gasteiger partial charge is 0.498 e. The maximum atomic E-state index is 12.5. The number of nitrogens with two attached hydrogens (primary N) is 1. The zero-order valence-electron chi connectivity index (χ0n) is 31.2. The summed E-state index contributed by atoms with van der Waals surface area (Å²) >= 11 is 0. The fourth-order valence-electron chi connectivity index (χ4n) is 5.49. The second-order valence-corrected chi connectivity index (χ2v) is 14.7. The van der Waals surface area contributed by atoms with Crippen LogP contribution in [-0.2, 0) is 27.9 Å². The number of esters is 1. The molecule has 0 amide bonds. The molecule has 0 saturated carbocycles. The molecule has 0 aliphatic heterocycles. The van der Waals surface area contributed by atoms with E-state index in [2.05, 4.69) is 26.0 Å². The summed E-state index contributed by atoms with van der Waals surface area (Å²) in [5.41, 5.74) is 5.35. The molecule has 1 unspecified atom stereocenters. The first-order chi connectivity index (χ1) is 23.4. The third-order valence-electron chi connectivity index (χ3n) is 8.44. The molecule has 284 valence electrons. The van der Waals surface area contributed by atoms with Gasteiger partial charge in [0.1, 0.15) is 6.61 Å². The number of rotatable bonds is 38. The van der Waals surface area contributed by atoms with Crippen LogP contribution in [0.15, 0.2) is 24.5 Å². The van der Waals surface area contributed by atoms with E-state index in [9.17, 15) is 14.3 Å². The Hall–Kier alpha value is -1.18. The molecule has 0 aromatic rings. The zero-order chi connectivity index (χ0) is 35.2. The lowest BCUT2D eigenvalue weighted by atomic mass is 10.0. The lowest BCUT2D eigenvalue weighted by molar-refractivity contribution is -0.153. The summed E-state index contributed by atoms with van der Waals surface area (Å²) < 4.78 is 33.1. The second-order valence-electron chi connectivity index (χ2n) is 13.2. The summed E-state index contributed by atoms with van der Waals surface area (Å²) in [6.07, 6.45) is 39.9. The Labute approximate surface area is 296 Å². The number of carbonyl (C=O) groups excluding carboxylic acids is 1. The van der Waals surface area contributed by atoms with E-state index in [4.69, 9.17) is 24.3 Å². The number of unbranched alkanes of at least 4 members (excludes halogenated alkanes) is 23. The molecule has 0 bridgehead atoms. The third kappa shape index (κ3) is 36.1. The van der Waals surface area contributed by atoms with Gasteiger partial charge in [0.2, 0.25) is 0 Å². The number of phosphoric ester groups is 1. The van der Waals surface area contributed by atoms with Crippen molar-refractivity contribution in [1.29, 1.82) is 0 Å². The summed E-state index contributed by atoms with van der Waals surface area (Å²) in [4.78, 5) is 22.4. The van der Waals surface area contributed by atoms with E-state index < -0.39 is 13.9 Å². The predicted octanol–water partition coefficient (Wildman–Crippen LogP) is 11.6. The number of phosphoric acid groups is 1. The Kier molecular flexibility index (Phi) is 36.2. The van der Waals surface area contributed by atoms with Crippen LogP contribution in [0.25, 0.3) is 0 Å². The van der Waals surface area contributed by atoms with E-state index in [-0.39, 0.29) is 32.3 Å². The maximum absolute atomic E-state index is 12.5. The monoisotopic (exact) mass is 702 g/mol.